The lowest BCUT2D eigenvalue weighted by Gasteiger charge is -2.14. The lowest BCUT2D eigenvalue weighted by Crippen LogP contribution is -2.30. The molecular formula is C12H13N3O3. The van der Waals surface area contributed by atoms with Crippen molar-refractivity contribution in [1.82, 2.24) is 4.98 Å². The summed E-state index contributed by atoms with van der Waals surface area (Å²) >= 11 is 0. The van der Waals surface area contributed by atoms with Gasteiger partial charge in [-0.1, -0.05) is 0 Å². The van der Waals surface area contributed by atoms with Crippen LogP contribution in [0.5, 0.6) is 0 Å². The normalized spacial score (nSPS) is 14.7. The van der Waals surface area contributed by atoms with Gasteiger partial charge in [-0.15, -0.1) is 0 Å². The lowest BCUT2D eigenvalue weighted by molar-refractivity contribution is -0.135. The summed E-state index contributed by atoms with van der Waals surface area (Å²) in [6.07, 6.45) is 1.50. The number of anilines is 1. The predicted molar refractivity (Wildman–Crippen MR) is 66.0 cm³/mol. The summed E-state index contributed by atoms with van der Waals surface area (Å²) in [6, 6.07) is 3.41. The first kappa shape index (κ1) is 12.2. The zero-order valence-electron chi connectivity index (χ0n) is 10.2. The van der Waals surface area contributed by atoms with Crippen LogP contribution in [0.15, 0.2) is 23.3 Å². The Hall–Kier alpha value is -2.24. The molecular weight excluding hydrogens is 234 g/mol. The molecule has 0 saturated heterocycles. The van der Waals surface area contributed by atoms with Gasteiger partial charge >= 0.3 is 5.97 Å². The molecule has 0 atom stereocenters. The van der Waals surface area contributed by atoms with Gasteiger partial charge in [0, 0.05) is 13.2 Å². The highest BCUT2D eigenvalue weighted by Crippen LogP contribution is 2.28. The van der Waals surface area contributed by atoms with Crippen molar-refractivity contribution in [3.8, 4) is 0 Å². The van der Waals surface area contributed by atoms with E-state index in [1.165, 1.54) is 4.90 Å². The Morgan fingerprint density at radius 2 is 2.33 bits per heavy atom. The second-order valence-electron chi connectivity index (χ2n) is 3.75. The number of aromatic nitrogens is 1. The fourth-order valence-electron chi connectivity index (χ4n) is 1.63. The number of hydrogen-bond acceptors (Lipinski definition) is 5. The Labute approximate surface area is 104 Å². The molecule has 94 valence electrons. The summed E-state index contributed by atoms with van der Waals surface area (Å²) in [6.45, 7) is 1.96. The van der Waals surface area contributed by atoms with Crippen LogP contribution >= 0.6 is 0 Å². The second kappa shape index (κ2) is 4.95. The van der Waals surface area contributed by atoms with Crippen LogP contribution in [0.2, 0.25) is 0 Å². The molecule has 1 aliphatic heterocycles. The zero-order valence-corrected chi connectivity index (χ0v) is 10.2. The quantitative estimate of drug-likeness (QED) is 0.733. The molecule has 1 aromatic heterocycles. The number of esters is 1. The molecule has 0 spiro atoms. The minimum atomic E-state index is -0.559. The molecule has 0 radical (unpaired) electrons. The van der Waals surface area contributed by atoms with Gasteiger partial charge in [0.2, 0.25) is 5.91 Å². The summed E-state index contributed by atoms with van der Waals surface area (Å²) in [5.41, 5.74) is 0.606. The zero-order chi connectivity index (χ0) is 13.1. The maximum Gasteiger partial charge on any atom is 0.353 e. The van der Waals surface area contributed by atoms with Crippen LogP contribution in [0.3, 0.4) is 0 Å². The van der Waals surface area contributed by atoms with Gasteiger partial charge in [0.25, 0.3) is 0 Å². The summed E-state index contributed by atoms with van der Waals surface area (Å²) in [4.78, 5) is 33.2. The average Bonchev–Trinajstić information content (AvgIpc) is 2.49. The van der Waals surface area contributed by atoms with E-state index in [4.69, 9.17) is 4.74 Å². The molecule has 0 saturated carbocycles. The first-order chi connectivity index (χ1) is 8.63. The molecule has 2 rings (SSSR count). The largest absolute Gasteiger partial charge is 0.461 e. The molecule has 0 fully saturated rings. The van der Waals surface area contributed by atoms with Gasteiger partial charge < -0.3 is 4.74 Å². The monoisotopic (exact) mass is 247 g/mol. The number of amides is 1. The van der Waals surface area contributed by atoms with Crippen LogP contribution in [0.4, 0.5) is 11.5 Å². The predicted octanol–water partition coefficient (Wildman–Crippen LogP) is 1.08. The standard InChI is InChI=1S/C12H13N3O3/c1-3-18-12(17)9-7-10(16)15(2)11-8(14-9)5-4-6-13-11/h4-6H,3,7H2,1-2H3. The average molecular weight is 247 g/mol. The smallest absolute Gasteiger partial charge is 0.353 e. The fourth-order valence-corrected chi connectivity index (χ4v) is 1.63. The Balaban J connectivity index is 2.44. The third-order valence-electron chi connectivity index (χ3n) is 2.54. The van der Waals surface area contributed by atoms with Crippen LogP contribution in [0, 0.1) is 0 Å². The Kier molecular flexibility index (Phi) is 3.36. The van der Waals surface area contributed by atoms with E-state index in [2.05, 4.69) is 9.98 Å². The molecule has 18 heavy (non-hydrogen) atoms. The van der Waals surface area contributed by atoms with E-state index in [0.717, 1.165) is 0 Å². The molecule has 0 unspecified atom stereocenters. The Bertz CT molecular complexity index is 525. The van der Waals surface area contributed by atoms with Crippen molar-refractivity contribution < 1.29 is 14.3 Å². The molecule has 1 amide bonds. The highest BCUT2D eigenvalue weighted by atomic mass is 16.5. The van der Waals surface area contributed by atoms with Crippen molar-refractivity contribution >= 4 is 29.1 Å². The number of rotatable bonds is 2. The molecule has 2 heterocycles. The van der Waals surface area contributed by atoms with Crippen molar-refractivity contribution in [2.45, 2.75) is 13.3 Å². The van der Waals surface area contributed by atoms with E-state index in [-0.39, 0.29) is 24.6 Å². The number of nitrogens with zero attached hydrogens (tertiary/aromatic N) is 3. The van der Waals surface area contributed by atoms with Crippen molar-refractivity contribution in [1.29, 1.82) is 0 Å². The van der Waals surface area contributed by atoms with Gasteiger partial charge in [0.15, 0.2) is 5.82 Å². The minimum Gasteiger partial charge on any atom is -0.461 e. The summed E-state index contributed by atoms with van der Waals surface area (Å²) in [5, 5.41) is 0. The summed E-state index contributed by atoms with van der Waals surface area (Å²) < 4.78 is 4.87. The number of ether oxygens (including phenoxy) is 1. The first-order valence-electron chi connectivity index (χ1n) is 5.59. The van der Waals surface area contributed by atoms with E-state index in [1.807, 2.05) is 0 Å². The molecule has 0 N–H and O–H groups in total. The highest BCUT2D eigenvalue weighted by Gasteiger charge is 2.26. The van der Waals surface area contributed by atoms with E-state index in [9.17, 15) is 9.59 Å². The minimum absolute atomic E-state index is 0.0777. The van der Waals surface area contributed by atoms with Gasteiger partial charge in [-0.2, -0.15) is 0 Å². The van der Waals surface area contributed by atoms with Gasteiger partial charge in [-0.25, -0.2) is 14.8 Å². The molecule has 0 aliphatic carbocycles. The number of carbonyl (C=O) groups excluding carboxylic acids is 2. The lowest BCUT2D eigenvalue weighted by atomic mass is 10.2. The van der Waals surface area contributed by atoms with Crippen molar-refractivity contribution in [2.75, 3.05) is 18.6 Å². The van der Waals surface area contributed by atoms with Crippen LogP contribution in [0.1, 0.15) is 13.3 Å². The molecule has 0 bridgehead atoms. The SMILES string of the molecule is CCOC(=O)C1=Nc2cccnc2N(C)C(=O)C1. The summed E-state index contributed by atoms with van der Waals surface area (Å²) in [5.74, 6) is -0.350. The molecule has 6 heteroatoms. The second-order valence-corrected chi connectivity index (χ2v) is 3.75. The van der Waals surface area contributed by atoms with E-state index >= 15 is 0 Å². The fraction of sp³-hybridized carbons (Fsp3) is 0.333. The maximum absolute atomic E-state index is 11.9. The van der Waals surface area contributed by atoms with Crippen LogP contribution < -0.4 is 4.90 Å². The number of pyridine rings is 1. The first-order valence-corrected chi connectivity index (χ1v) is 5.59. The van der Waals surface area contributed by atoms with Gasteiger partial charge in [0.05, 0.1) is 13.0 Å². The van der Waals surface area contributed by atoms with Gasteiger partial charge in [0.1, 0.15) is 11.4 Å². The number of aliphatic imine (C=N–C) groups is 1. The van der Waals surface area contributed by atoms with Gasteiger partial charge in [-0.3, -0.25) is 9.69 Å². The van der Waals surface area contributed by atoms with E-state index < -0.39 is 5.97 Å². The van der Waals surface area contributed by atoms with Crippen molar-refractivity contribution in [2.24, 2.45) is 4.99 Å². The van der Waals surface area contributed by atoms with Gasteiger partial charge in [-0.05, 0) is 19.1 Å². The van der Waals surface area contributed by atoms with E-state index in [0.29, 0.717) is 11.5 Å². The van der Waals surface area contributed by atoms with Crippen LogP contribution in [-0.2, 0) is 14.3 Å². The topological polar surface area (TPSA) is 71.9 Å². The molecule has 0 aromatic carbocycles. The molecule has 1 aliphatic rings. The Morgan fingerprint density at radius 3 is 3.06 bits per heavy atom. The van der Waals surface area contributed by atoms with Crippen LogP contribution in [0.25, 0.3) is 0 Å². The third kappa shape index (κ3) is 2.22. The summed E-state index contributed by atoms with van der Waals surface area (Å²) in [7, 11) is 1.61. The third-order valence-corrected chi connectivity index (χ3v) is 2.54. The van der Waals surface area contributed by atoms with Crippen molar-refractivity contribution in [3.63, 3.8) is 0 Å². The number of carbonyl (C=O) groups is 2. The van der Waals surface area contributed by atoms with Crippen molar-refractivity contribution in [3.05, 3.63) is 18.3 Å². The Morgan fingerprint density at radius 1 is 1.56 bits per heavy atom. The maximum atomic E-state index is 11.9. The molecule has 6 nitrogen and oxygen atoms in total. The highest BCUT2D eigenvalue weighted by molar-refractivity contribution is 6.41. The number of fused-ring (bicyclic) bond motifs is 1. The van der Waals surface area contributed by atoms with Crippen LogP contribution in [-0.4, -0.2) is 36.2 Å². The number of hydrogen-bond donors (Lipinski definition) is 0. The molecule has 1 aromatic rings. The van der Waals surface area contributed by atoms with E-state index in [1.54, 1.807) is 32.3 Å².